The van der Waals surface area contributed by atoms with Crippen molar-refractivity contribution in [2.75, 3.05) is 12.3 Å². The van der Waals surface area contributed by atoms with Crippen LogP contribution in [0.25, 0.3) is 32.5 Å². The lowest BCUT2D eigenvalue weighted by Gasteiger charge is -2.23. The molecule has 0 bridgehead atoms. The number of aromatic nitrogens is 5. The average Bonchev–Trinajstić information content (AvgIpc) is 3.54. The van der Waals surface area contributed by atoms with Gasteiger partial charge in [-0.15, -0.1) is 11.3 Å². The Morgan fingerprint density at radius 3 is 3.03 bits per heavy atom. The van der Waals surface area contributed by atoms with Gasteiger partial charge in [0, 0.05) is 18.2 Å². The van der Waals surface area contributed by atoms with Crippen molar-refractivity contribution in [3.63, 3.8) is 0 Å². The number of carbonyl (C=O) groups excluding carboxylic acids is 1. The number of anilines is 1. The van der Waals surface area contributed by atoms with E-state index in [2.05, 4.69) is 27.6 Å². The van der Waals surface area contributed by atoms with Gasteiger partial charge in [-0.25, -0.2) is 19.6 Å². The van der Waals surface area contributed by atoms with Crippen LogP contribution in [0.2, 0.25) is 0 Å². The molecule has 2 N–H and O–H groups in total. The van der Waals surface area contributed by atoms with Crippen LogP contribution in [-0.4, -0.2) is 48.1 Å². The lowest BCUT2D eigenvalue weighted by molar-refractivity contribution is -0.126. The molecule has 1 aromatic carbocycles. The summed E-state index contributed by atoms with van der Waals surface area (Å²) in [6.07, 6.45) is 5.76. The predicted molar refractivity (Wildman–Crippen MR) is 120 cm³/mol. The first kappa shape index (κ1) is 18.4. The molecule has 0 spiro atoms. The van der Waals surface area contributed by atoms with Gasteiger partial charge in [0.15, 0.2) is 5.65 Å². The molecule has 4 heterocycles. The van der Waals surface area contributed by atoms with Crippen LogP contribution in [0.3, 0.4) is 0 Å². The van der Waals surface area contributed by atoms with E-state index in [1.165, 1.54) is 12.4 Å². The summed E-state index contributed by atoms with van der Waals surface area (Å²) in [5, 5.41) is 5.79. The van der Waals surface area contributed by atoms with Crippen molar-refractivity contribution in [3.05, 3.63) is 42.7 Å². The van der Waals surface area contributed by atoms with Crippen LogP contribution < -0.4 is 5.73 Å². The second-order valence-corrected chi connectivity index (χ2v) is 9.15. The maximum Gasteiger partial charge on any atom is 0.246 e. The van der Waals surface area contributed by atoms with Crippen LogP contribution in [0.4, 0.5) is 5.82 Å². The number of fused-ring (bicyclic) bond motifs is 3. The summed E-state index contributed by atoms with van der Waals surface area (Å²) in [7, 11) is 0. The Kier molecular flexibility index (Phi) is 4.07. The molecular formula is C22H21N7OS. The summed E-state index contributed by atoms with van der Waals surface area (Å²) >= 11 is 1.60. The van der Waals surface area contributed by atoms with Gasteiger partial charge in [0.05, 0.1) is 27.2 Å². The van der Waals surface area contributed by atoms with Crippen LogP contribution >= 0.6 is 11.3 Å². The Hall–Kier alpha value is -3.33. The average molecular weight is 432 g/mol. The number of nitrogens with zero attached hydrogens (tertiary/aromatic N) is 6. The smallest absolute Gasteiger partial charge is 0.246 e. The Bertz CT molecular complexity index is 1340. The van der Waals surface area contributed by atoms with Crippen molar-refractivity contribution < 1.29 is 4.79 Å². The third-order valence-corrected chi connectivity index (χ3v) is 7.49. The SMILES string of the molecule is C=CC(=O)N1CCC2CC(n3nc(-c4ccc5ncsc5c4)c4c(N)ncnc43)CC21. The zero-order valence-corrected chi connectivity index (χ0v) is 17.6. The van der Waals surface area contributed by atoms with E-state index < -0.39 is 0 Å². The number of hydrogen-bond donors (Lipinski definition) is 1. The van der Waals surface area contributed by atoms with Gasteiger partial charge < -0.3 is 10.6 Å². The largest absolute Gasteiger partial charge is 0.383 e. The molecule has 156 valence electrons. The summed E-state index contributed by atoms with van der Waals surface area (Å²) in [5.41, 5.74) is 11.6. The van der Waals surface area contributed by atoms with Crippen molar-refractivity contribution in [1.29, 1.82) is 0 Å². The molecule has 1 amide bonds. The number of benzene rings is 1. The van der Waals surface area contributed by atoms with Crippen molar-refractivity contribution in [1.82, 2.24) is 29.6 Å². The van der Waals surface area contributed by atoms with E-state index in [0.29, 0.717) is 11.7 Å². The normalized spacial score (nSPS) is 23.0. The van der Waals surface area contributed by atoms with Crippen LogP contribution in [0.15, 0.2) is 42.7 Å². The highest BCUT2D eigenvalue weighted by molar-refractivity contribution is 7.16. The first-order valence-corrected chi connectivity index (χ1v) is 11.3. The first-order valence-electron chi connectivity index (χ1n) is 10.4. The van der Waals surface area contributed by atoms with Crippen LogP contribution in [0.5, 0.6) is 0 Å². The monoisotopic (exact) mass is 431 g/mol. The third-order valence-electron chi connectivity index (χ3n) is 6.70. The molecule has 9 heteroatoms. The fourth-order valence-corrected chi connectivity index (χ4v) is 6.00. The minimum atomic E-state index is 0.0172. The van der Waals surface area contributed by atoms with Crippen molar-refractivity contribution in [3.8, 4) is 11.3 Å². The number of carbonyl (C=O) groups is 1. The highest BCUT2D eigenvalue weighted by Crippen LogP contribution is 2.45. The summed E-state index contributed by atoms with van der Waals surface area (Å²) in [5.74, 6) is 0.922. The molecule has 2 aliphatic rings. The van der Waals surface area contributed by atoms with Crippen LogP contribution in [-0.2, 0) is 4.79 Å². The van der Waals surface area contributed by atoms with E-state index >= 15 is 0 Å². The number of nitrogen functional groups attached to an aromatic ring is 1. The molecule has 1 saturated carbocycles. The highest BCUT2D eigenvalue weighted by atomic mass is 32.1. The van der Waals surface area contributed by atoms with E-state index in [1.807, 2.05) is 27.2 Å². The summed E-state index contributed by atoms with van der Waals surface area (Å²) in [4.78, 5) is 27.4. The van der Waals surface area contributed by atoms with Gasteiger partial charge in [-0.2, -0.15) is 5.10 Å². The van der Waals surface area contributed by atoms with Crippen molar-refractivity contribution >= 4 is 44.3 Å². The number of amides is 1. The zero-order chi connectivity index (χ0) is 21.1. The molecule has 0 radical (unpaired) electrons. The third kappa shape index (κ3) is 2.76. The maximum absolute atomic E-state index is 12.3. The Balaban J connectivity index is 1.44. The first-order chi connectivity index (χ1) is 15.1. The molecule has 1 saturated heterocycles. The van der Waals surface area contributed by atoms with Crippen molar-refractivity contribution in [2.24, 2.45) is 5.92 Å². The molecule has 4 aromatic rings. The van der Waals surface area contributed by atoms with Crippen molar-refractivity contribution in [2.45, 2.75) is 31.3 Å². The zero-order valence-electron chi connectivity index (χ0n) is 16.8. The molecule has 1 aliphatic carbocycles. The molecule has 1 aliphatic heterocycles. The number of likely N-dealkylation sites (tertiary alicyclic amines) is 1. The van der Waals surface area contributed by atoms with Crippen LogP contribution in [0.1, 0.15) is 25.3 Å². The van der Waals surface area contributed by atoms with Gasteiger partial charge in [-0.3, -0.25) is 4.79 Å². The molecule has 8 nitrogen and oxygen atoms in total. The number of rotatable bonds is 3. The number of hydrogen-bond acceptors (Lipinski definition) is 7. The minimum absolute atomic E-state index is 0.0172. The second-order valence-electron chi connectivity index (χ2n) is 8.26. The van der Waals surface area contributed by atoms with E-state index in [-0.39, 0.29) is 18.0 Å². The van der Waals surface area contributed by atoms with E-state index in [1.54, 1.807) is 11.3 Å². The standard InChI is InChI=1S/C22H21N7OS/c1-2-18(30)28-6-5-12-7-14(9-16(12)28)29-22-19(21(23)24-10-25-22)20(27-29)13-3-4-15-17(8-13)31-11-26-15/h2-4,8,10-12,14,16H,1,5-7,9H2,(H2,23,24,25). The van der Waals surface area contributed by atoms with E-state index in [9.17, 15) is 4.79 Å². The molecule has 3 atom stereocenters. The molecule has 2 fully saturated rings. The summed E-state index contributed by atoms with van der Waals surface area (Å²) in [6, 6.07) is 6.51. The molecule has 3 unspecified atom stereocenters. The van der Waals surface area contributed by atoms with Gasteiger partial charge in [-0.05, 0) is 43.4 Å². The molecule has 3 aromatic heterocycles. The fraction of sp³-hybridized carbons (Fsp3) is 0.318. The number of thiazole rings is 1. The highest BCUT2D eigenvalue weighted by Gasteiger charge is 2.45. The summed E-state index contributed by atoms with van der Waals surface area (Å²) < 4.78 is 3.11. The van der Waals surface area contributed by atoms with Gasteiger partial charge >= 0.3 is 0 Å². The second kappa shape index (κ2) is 6.84. The van der Waals surface area contributed by atoms with E-state index in [0.717, 1.165) is 58.3 Å². The fourth-order valence-electron chi connectivity index (χ4n) is 5.28. The van der Waals surface area contributed by atoms with E-state index in [4.69, 9.17) is 10.8 Å². The van der Waals surface area contributed by atoms with Gasteiger partial charge in [0.1, 0.15) is 17.8 Å². The quantitative estimate of drug-likeness (QED) is 0.499. The summed E-state index contributed by atoms with van der Waals surface area (Å²) in [6.45, 7) is 4.47. The molecule has 31 heavy (non-hydrogen) atoms. The predicted octanol–water partition coefficient (Wildman–Crippen LogP) is 3.42. The maximum atomic E-state index is 12.3. The lowest BCUT2D eigenvalue weighted by atomic mass is 10.0. The van der Waals surface area contributed by atoms with Gasteiger partial charge in [-0.1, -0.05) is 12.6 Å². The topological polar surface area (TPSA) is 103 Å². The molecule has 6 rings (SSSR count). The molecular weight excluding hydrogens is 410 g/mol. The van der Waals surface area contributed by atoms with Gasteiger partial charge in [0.25, 0.3) is 0 Å². The minimum Gasteiger partial charge on any atom is -0.383 e. The van der Waals surface area contributed by atoms with Gasteiger partial charge in [0.2, 0.25) is 5.91 Å². The Morgan fingerprint density at radius 2 is 2.16 bits per heavy atom. The Morgan fingerprint density at radius 1 is 1.26 bits per heavy atom. The Labute approximate surface area is 182 Å². The number of nitrogens with two attached hydrogens (primary N) is 1. The lowest BCUT2D eigenvalue weighted by Crippen LogP contribution is -2.35. The van der Waals surface area contributed by atoms with Crippen LogP contribution in [0, 0.1) is 5.92 Å².